The molecule has 0 fully saturated rings. The third-order valence-corrected chi connectivity index (χ3v) is 39.1. The van der Waals surface area contributed by atoms with E-state index >= 15 is 0 Å². The average molecular weight is 1600 g/mol. The van der Waals surface area contributed by atoms with Crippen molar-refractivity contribution >= 4 is 256 Å². The lowest BCUT2D eigenvalue weighted by Gasteiger charge is -2.66. The van der Waals surface area contributed by atoms with E-state index in [0.717, 1.165) is 27.8 Å². The molecular formula is C116H68Si5. The SMILES string of the molecule is CC12C3=C4C5=C1C1(c6ccc(C#C[Si](C)(C)C)cc6)c6c7c8c9c(c%10c%11c%12c(c%13c%14c%15c(c%16c%17c%18c(c1c1c6c6c8c8c%19c9c%11c9c%11c%12c%14c%12c%14c%15c%17c%15c%17c%18c1c1c6c8c6c(c9%19)c(c%11%12)c(c%14%15)c6c1%17)C%162c1ccc(C#C[Si](C)(C)C)cc1)C3%13c1ccc(C#C[Si](C)(C)C)cc1)C4%10c1ccc(C#C[Si](C)(C)C)cc1)C57c1ccc(C#C[Si](C)(C)C)cc1. The van der Waals surface area contributed by atoms with Crippen molar-refractivity contribution in [2.45, 2.75) is 132 Å². The van der Waals surface area contributed by atoms with Crippen LogP contribution in [0.25, 0.3) is 215 Å². The van der Waals surface area contributed by atoms with Crippen LogP contribution in [0.5, 0.6) is 0 Å². The minimum absolute atomic E-state index is 0.817. The Morgan fingerprint density at radius 2 is 0.322 bits per heavy atom. The fourth-order valence-corrected chi connectivity index (χ4v) is 35.5. The van der Waals surface area contributed by atoms with Crippen molar-refractivity contribution in [1.82, 2.24) is 0 Å². The maximum atomic E-state index is 3.91. The molecule has 552 valence electrons. The Labute approximate surface area is 700 Å². The van der Waals surface area contributed by atoms with E-state index in [9.17, 15) is 0 Å². The zero-order valence-corrected chi connectivity index (χ0v) is 75.0. The second kappa shape index (κ2) is 16.2. The van der Waals surface area contributed by atoms with E-state index in [-0.39, 0.29) is 0 Å². The number of hydrogen-bond acceptors (Lipinski definition) is 0. The largest absolute Gasteiger partial charge is 0.129 e. The van der Waals surface area contributed by atoms with Crippen LogP contribution in [0.2, 0.25) is 98.2 Å². The highest BCUT2D eigenvalue weighted by atomic mass is 28.3. The fraction of sp³-hybridized carbons (Fsp3) is 0.190. The molecule has 0 saturated carbocycles. The first-order chi connectivity index (χ1) is 58.1. The van der Waals surface area contributed by atoms with Crippen LogP contribution in [-0.4, -0.2) is 40.4 Å². The molecule has 0 heterocycles. The Hall–Kier alpha value is -12.0. The van der Waals surface area contributed by atoms with Crippen molar-refractivity contribution < 1.29 is 0 Å². The summed E-state index contributed by atoms with van der Waals surface area (Å²) in [5.41, 5.74) is 49.7. The molecule has 0 amide bonds. The first-order valence-electron chi connectivity index (χ1n) is 44.6. The summed E-state index contributed by atoms with van der Waals surface area (Å²) in [6, 6.07) is 52.1. The quantitative estimate of drug-likeness (QED) is 0.0915. The van der Waals surface area contributed by atoms with E-state index < -0.39 is 72.9 Å². The van der Waals surface area contributed by atoms with Crippen molar-refractivity contribution in [3.05, 3.63) is 255 Å². The topological polar surface area (TPSA) is 0 Å². The predicted octanol–water partition coefficient (Wildman–Crippen LogP) is 27.7. The van der Waals surface area contributed by atoms with Gasteiger partial charge in [0.2, 0.25) is 0 Å². The molecule has 0 aliphatic heterocycles. The maximum absolute atomic E-state index is 3.91. The monoisotopic (exact) mass is 1600 g/mol. The lowest BCUT2D eigenvalue weighted by molar-refractivity contribution is 0.246. The molecule has 4 atom stereocenters. The maximum Gasteiger partial charge on any atom is 0.129 e. The number of allylic oxidation sites excluding steroid dienone is 4. The number of hydrogen-bond donors (Lipinski definition) is 0. The Balaban J connectivity index is 0.905. The van der Waals surface area contributed by atoms with Gasteiger partial charge in [-0.3, -0.25) is 0 Å². The van der Waals surface area contributed by atoms with E-state index in [0.29, 0.717) is 0 Å². The Morgan fingerprint density at radius 1 is 0.174 bits per heavy atom. The average Bonchev–Trinajstić information content (AvgIpc) is 1.36. The molecule has 37 rings (SSSR count). The molecule has 121 heavy (non-hydrogen) atoms. The molecule has 0 aromatic heterocycles. The third-order valence-electron chi connectivity index (χ3n) is 34.7. The lowest BCUT2D eigenvalue weighted by atomic mass is 9.34. The van der Waals surface area contributed by atoms with Crippen LogP contribution in [0.4, 0.5) is 0 Å². The minimum Gasteiger partial charge on any atom is -0.127 e. The van der Waals surface area contributed by atoms with Crippen molar-refractivity contribution in [1.29, 1.82) is 0 Å². The summed E-state index contributed by atoms with van der Waals surface area (Å²) >= 11 is 0. The van der Waals surface area contributed by atoms with Gasteiger partial charge in [-0.2, -0.15) is 0 Å². The van der Waals surface area contributed by atoms with Crippen molar-refractivity contribution in [3.8, 4) is 57.3 Å². The highest BCUT2D eigenvalue weighted by Gasteiger charge is 2.86. The summed E-state index contributed by atoms with van der Waals surface area (Å²) in [6.45, 7) is 39.1. The van der Waals surface area contributed by atoms with Gasteiger partial charge in [0.25, 0.3) is 0 Å². The van der Waals surface area contributed by atoms with E-state index in [1.54, 1.807) is 293 Å². The second-order valence-corrected chi connectivity index (χ2v) is 69.3. The molecular weight excluding hydrogens is 1530 g/mol. The zero-order valence-electron chi connectivity index (χ0n) is 70.0. The van der Waals surface area contributed by atoms with Gasteiger partial charge >= 0.3 is 0 Å². The molecule has 11 aliphatic rings. The van der Waals surface area contributed by atoms with E-state index in [2.05, 4.69) is 284 Å². The minimum atomic E-state index is -1.82. The highest BCUT2D eigenvalue weighted by Crippen LogP contribution is 2.95. The highest BCUT2D eigenvalue weighted by molar-refractivity contribution is 6.86. The first kappa shape index (κ1) is 61.3. The normalized spacial score (nSPS) is 23.7. The summed E-state index contributed by atoms with van der Waals surface area (Å²) in [7, 11) is -9.10. The molecule has 0 N–H and O–H groups in total. The standard InChI is InChI=1S/C116H68Si5/c1-111-109-107-108-110(111)115(55-33-23-50(24-34-55)40-45-120(11,12)13)102-92-82-72-64-59-57-58-60-61(59)66-74(72)84-86-76(66)75-65(60)73-71-63(58)69-67-62(57)68-70(64)80(82)90-88-78(68)77(67)87-89-79(69)81(71)91-93-83(73)85(75)95-96(86)106(104(115)94(84)92)116(111,56-35-25-51(26-36-56)41-46-121(14,15)16)105(95)103(93)114(109,54-31-21-49(22-32-54)39-44-119(8,9)10)101(91)99(89)112(107,52-27-17-47(18-28-52)37-42-117(2,3)4)97(87)98(88)113(108,100(90)102)53-29-19-48(20-30-53)38-43-118(5,6)7/h17-36H,1-16H3. The zero-order chi connectivity index (χ0) is 79.7. The van der Waals surface area contributed by atoms with Gasteiger partial charge in [-0.1, -0.05) is 195 Å². The molecule has 11 aliphatic carbocycles. The van der Waals surface area contributed by atoms with Gasteiger partial charge < -0.3 is 0 Å². The summed E-state index contributed by atoms with van der Waals surface area (Å²) in [4.78, 5) is 0. The molecule has 4 unspecified atom stereocenters. The molecule has 0 nitrogen and oxygen atoms in total. The summed E-state index contributed by atoms with van der Waals surface area (Å²) < 4.78 is 0. The summed E-state index contributed by atoms with van der Waals surface area (Å²) in [6.07, 6.45) is 0. The molecule has 5 heteroatoms. The van der Waals surface area contributed by atoms with Gasteiger partial charge in [0.15, 0.2) is 0 Å². The predicted molar refractivity (Wildman–Crippen MR) is 523 cm³/mol. The lowest BCUT2D eigenvalue weighted by Crippen LogP contribution is -2.62. The number of benzene rings is 20. The number of rotatable bonds is 5. The summed E-state index contributed by atoms with van der Waals surface area (Å²) in [5.74, 6) is 19.5. The van der Waals surface area contributed by atoms with Gasteiger partial charge in [0.1, 0.15) is 40.4 Å². The fourth-order valence-electron chi connectivity index (χ4n) is 32.9. The third kappa shape index (κ3) is 4.95. The van der Waals surface area contributed by atoms with E-state index in [4.69, 9.17) is 0 Å². The van der Waals surface area contributed by atoms with Gasteiger partial charge in [-0.15, -0.1) is 27.7 Å². The van der Waals surface area contributed by atoms with Gasteiger partial charge in [-0.25, -0.2) is 0 Å². The molecule has 0 spiro atoms. The van der Waals surface area contributed by atoms with Crippen molar-refractivity contribution in [3.63, 3.8) is 0 Å². The van der Waals surface area contributed by atoms with Gasteiger partial charge in [0, 0.05) is 33.2 Å². The first-order valence-corrected chi connectivity index (χ1v) is 62.1. The second-order valence-electron chi connectivity index (χ2n) is 45.5. The molecule has 0 saturated heterocycles. The van der Waals surface area contributed by atoms with Crippen LogP contribution < -0.4 is 0 Å². The Morgan fingerprint density at radius 3 is 0.512 bits per heavy atom. The van der Waals surface area contributed by atoms with Gasteiger partial charge in [0.05, 0.1) is 27.1 Å². The van der Waals surface area contributed by atoms with Crippen LogP contribution in [0.1, 0.15) is 118 Å². The van der Waals surface area contributed by atoms with Crippen LogP contribution in [0, 0.1) is 62.7 Å². The van der Waals surface area contributed by atoms with Crippen molar-refractivity contribution in [2.24, 2.45) is 5.41 Å². The van der Waals surface area contributed by atoms with E-state index in [1.165, 1.54) is 27.8 Å². The Kier molecular flexibility index (Phi) is 8.21. The molecule has 26 aromatic carbocycles. The van der Waals surface area contributed by atoms with Crippen LogP contribution in [-0.2, 0) is 27.1 Å². The molecule has 0 bridgehead atoms. The van der Waals surface area contributed by atoms with Gasteiger partial charge in [-0.05, 0) is 382 Å². The van der Waals surface area contributed by atoms with Crippen LogP contribution in [0.15, 0.2) is 144 Å². The Bertz CT molecular complexity index is 9730. The smallest absolute Gasteiger partial charge is 0.127 e. The van der Waals surface area contributed by atoms with Crippen LogP contribution in [0.3, 0.4) is 0 Å². The van der Waals surface area contributed by atoms with E-state index in [1.807, 2.05) is 0 Å². The van der Waals surface area contributed by atoms with Crippen molar-refractivity contribution in [2.75, 3.05) is 0 Å². The molecule has 26 aromatic rings. The van der Waals surface area contributed by atoms with Crippen LogP contribution >= 0.6 is 0 Å². The molecule has 0 radical (unpaired) electrons. The summed E-state index contributed by atoms with van der Waals surface area (Å²) in [5, 5.41) is 63.3.